The fourth-order valence-electron chi connectivity index (χ4n) is 4.30. The highest BCUT2D eigenvalue weighted by Crippen LogP contribution is 2.21. The van der Waals surface area contributed by atoms with Gasteiger partial charge in [0.1, 0.15) is 17.3 Å². The molecule has 3 aromatic carbocycles. The van der Waals surface area contributed by atoms with E-state index in [0.29, 0.717) is 24.5 Å². The first kappa shape index (κ1) is 25.3. The molecule has 1 amide bonds. The number of ether oxygens (including phenoxy) is 2. The second-order valence-corrected chi connectivity index (χ2v) is 9.08. The second kappa shape index (κ2) is 12.2. The van der Waals surface area contributed by atoms with Gasteiger partial charge in [-0.2, -0.15) is 0 Å². The Morgan fingerprint density at radius 1 is 0.972 bits per heavy atom. The molecule has 6 nitrogen and oxygen atoms in total. The molecular weight excluding hydrogens is 450 g/mol. The van der Waals surface area contributed by atoms with Crippen LogP contribution in [0, 0.1) is 13.8 Å². The van der Waals surface area contributed by atoms with Gasteiger partial charge in [-0.3, -0.25) is 4.79 Å². The van der Waals surface area contributed by atoms with E-state index in [9.17, 15) is 4.79 Å². The maximum absolute atomic E-state index is 12.5. The van der Waals surface area contributed by atoms with E-state index in [1.54, 1.807) is 19.2 Å². The van der Waals surface area contributed by atoms with Crippen molar-refractivity contribution in [2.75, 3.05) is 20.3 Å². The van der Waals surface area contributed by atoms with Crippen LogP contribution in [0.15, 0.2) is 66.7 Å². The molecule has 0 saturated carbocycles. The number of nitrogens with zero attached hydrogens (tertiary/aromatic N) is 2. The lowest BCUT2D eigenvalue weighted by molar-refractivity contribution is 0.0952. The molecule has 0 fully saturated rings. The number of unbranched alkanes of at least 4 members (excludes halogenated alkanes) is 1. The lowest BCUT2D eigenvalue weighted by atomic mass is 10.1. The smallest absolute Gasteiger partial charge is 0.251 e. The number of carbonyl (C=O) groups is 1. The molecule has 0 aliphatic carbocycles. The highest BCUT2D eigenvalue weighted by atomic mass is 16.5. The number of rotatable bonds is 12. The number of aromatic nitrogens is 2. The summed E-state index contributed by atoms with van der Waals surface area (Å²) >= 11 is 0. The zero-order valence-corrected chi connectivity index (χ0v) is 21.4. The van der Waals surface area contributed by atoms with Gasteiger partial charge >= 0.3 is 0 Å². The Hall–Kier alpha value is -3.80. The number of fused-ring (bicyclic) bond motifs is 1. The molecule has 6 heteroatoms. The van der Waals surface area contributed by atoms with Crippen LogP contribution in [0.5, 0.6) is 11.5 Å². The topological polar surface area (TPSA) is 65.4 Å². The molecule has 0 bridgehead atoms. The largest absolute Gasteiger partial charge is 0.497 e. The predicted molar refractivity (Wildman–Crippen MR) is 144 cm³/mol. The Morgan fingerprint density at radius 2 is 1.83 bits per heavy atom. The van der Waals surface area contributed by atoms with Crippen molar-refractivity contribution in [3.63, 3.8) is 0 Å². The molecule has 4 rings (SSSR count). The number of aryl methyl sites for hydroxylation is 4. The number of amides is 1. The normalized spacial score (nSPS) is 11.0. The number of hydrogen-bond donors (Lipinski definition) is 1. The Balaban J connectivity index is 1.30. The van der Waals surface area contributed by atoms with Crippen molar-refractivity contribution in [2.45, 2.75) is 46.1 Å². The number of hydrogen-bond acceptors (Lipinski definition) is 4. The summed E-state index contributed by atoms with van der Waals surface area (Å²) in [5.41, 5.74) is 5.15. The lowest BCUT2D eigenvalue weighted by Crippen LogP contribution is -2.25. The number of carbonyl (C=O) groups excluding carboxylic acids is 1. The van der Waals surface area contributed by atoms with Crippen LogP contribution in [0.3, 0.4) is 0 Å². The summed E-state index contributed by atoms with van der Waals surface area (Å²) in [6, 6.07) is 21.8. The van der Waals surface area contributed by atoms with Gasteiger partial charge in [-0.15, -0.1) is 0 Å². The third kappa shape index (κ3) is 6.45. The van der Waals surface area contributed by atoms with E-state index in [0.717, 1.165) is 54.8 Å². The Kier molecular flexibility index (Phi) is 8.61. The SMILES string of the molecule is COc1cccc(C(=O)NCCCc2nc3ccccc3n2CCCCOc2cc(C)ccc2C)c1. The van der Waals surface area contributed by atoms with Crippen molar-refractivity contribution in [3.05, 3.63) is 89.2 Å². The summed E-state index contributed by atoms with van der Waals surface area (Å²) in [6.07, 6.45) is 3.58. The van der Waals surface area contributed by atoms with E-state index >= 15 is 0 Å². The van der Waals surface area contributed by atoms with E-state index in [4.69, 9.17) is 14.5 Å². The van der Waals surface area contributed by atoms with Gasteiger partial charge in [0.25, 0.3) is 5.91 Å². The Labute approximate surface area is 213 Å². The average Bonchev–Trinajstić information content (AvgIpc) is 3.25. The summed E-state index contributed by atoms with van der Waals surface area (Å²) in [5, 5.41) is 3.01. The molecule has 0 atom stereocenters. The molecule has 1 heterocycles. The van der Waals surface area contributed by atoms with Gasteiger partial charge in [0, 0.05) is 25.1 Å². The second-order valence-electron chi connectivity index (χ2n) is 9.08. The van der Waals surface area contributed by atoms with Crippen molar-refractivity contribution in [2.24, 2.45) is 0 Å². The fraction of sp³-hybridized carbons (Fsp3) is 0.333. The molecule has 0 saturated heterocycles. The van der Waals surface area contributed by atoms with Gasteiger partial charge in [0.15, 0.2) is 0 Å². The first-order valence-electron chi connectivity index (χ1n) is 12.6. The number of para-hydroxylation sites is 2. The molecule has 1 aromatic heterocycles. The summed E-state index contributed by atoms with van der Waals surface area (Å²) in [4.78, 5) is 17.4. The minimum atomic E-state index is -0.0914. The first-order valence-corrected chi connectivity index (χ1v) is 12.6. The van der Waals surface area contributed by atoms with Crippen LogP contribution in [0.2, 0.25) is 0 Å². The zero-order chi connectivity index (χ0) is 25.3. The van der Waals surface area contributed by atoms with E-state index < -0.39 is 0 Å². The van der Waals surface area contributed by atoms with Crippen LogP contribution in [-0.2, 0) is 13.0 Å². The number of imidazole rings is 1. The minimum absolute atomic E-state index is 0.0914. The van der Waals surface area contributed by atoms with Gasteiger partial charge in [0.05, 0.1) is 24.8 Å². The highest BCUT2D eigenvalue weighted by Gasteiger charge is 2.11. The molecule has 0 aliphatic heterocycles. The van der Waals surface area contributed by atoms with Gasteiger partial charge in [-0.05, 0) is 80.6 Å². The molecule has 0 unspecified atom stereocenters. The molecule has 36 heavy (non-hydrogen) atoms. The number of nitrogens with one attached hydrogen (secondary N) is 1. The molecule has 0 spiro atoms. The monoisotopic (exact) mass is 485 g/mol. The fourth-order valence-corrected chi connectivity index (χ4v) is 4.30. The summed E-state index contributed by atoms with van der Waals surface area (Å²) in [6.45, 7) is 6.34. The lowest BCUT2D eigenvalue weighted by Gasteiger charge is -2.12. The van der Waals surface area contributed by atoms with E-state index in [1.807, 2.05) is 18.2 Å². The van der Waals surface area contributed by atoms with Crippen molar-refractivity contribution in [3.8, 4) is 11.5 Å². The summed E-state index contributed by atoms with van der Waals surface area (Å²) in [5.74, 6) is 2.61. The highest BCUT2D eigenvalue weighted by molar-refractivity contribution is 5.94. The van der Waals surface area contributed by atoms with Gasteiger partial charge in [-0.25, -0.2) is 4.98 Å². The van der Waals surface area contributed by atoms with Gasteiger partial charge in [-0.1, -0.05) is 30.3 Å². The molecule has 0 radical (unpaired) electrons. The van der Waals surface area contributed by atoms with E-state index in [2.05, 4.69) is 60.1 Å². The van der Waals surface area contributed by atoms with Crippen LogP contribution < -0.4 is 14.8 Å². The van der Waals surface area contributed by atoms with Crippen molar-refractivity contribution in [1.82, 2.24) is 14.9 Å². The molecular formula is C30H35N3O3. The maximum atomic E-state index is 12.5. The zero-order valence-electron chi connectivity index (χ0n) is 21.4. The third-order valence-electron chi connectivity index (χ3n) is 6.31. The van der Waals surface area contributed by atoms with Crippen molar-refractivity contribution < 1.29 is 14.3 Å². The van der Waals surface area contributed by atoms with Gasteiger partial charge in [0.2, 0.25) is 0 Å². The Bertz CT molecular complexity index is 1310. The molecule has 1 N–H and O–H groups in total. The third-order valence-corrected chi connectivity index (χ3v) is 6.31. The van der Waals surface area contributed by atoms with Crippen LogP contribution in [-0.4, -0.2) is 35.7 Å². The average molecular weight is 486 g/mol. The van der Waals surface area contributed by atoms with Crippen LogP contribution >= 0.6 is 0 Å². The summed E-state index contributed by atoms with van der Waals surface area (Å²) in [7, 11) is 1.60. The molecule has 4 aromatic rings. The van der Waals surface area contributed by atoms with Gasteiger partial charge < -0.3 is 19.4 Å². The predicted octanol–water partition coefficient (Wildman–Crippen LogP) is 5.88. The standard InChI is InChI=1S/C30H35N3O3/c1-22-15-16-23(2)28(20-22)36-19-7-6-18-33-27-13-5-4-12-26(27)32-29(33)14-9-17-31-30(34)24-10-8-11-25(21-24)35-3/h4-5,8,10-13,15-16,20-21H,6-7,9,14,17-19H2,1-3H3,(H,31,34). The summed E-state index contributed by atoms with van der Waals surface area (Å²) < 4.78 is 13.6. The van der Waals surface area contributed by atoms with Crippen LogP contribution in [0.25, 0.3) is 11.0 Å². The first-order chi connectivity index (χ1) is 17.5. The van der Waals surface area contributed by atoms with Crippen molar-refractivity contribution >= 4 is 16.9 Å². The van der Waals surface area contributed by atoms with Crippen LogP contribution in [0.4, 0.5) is 0 Å². The Morgan fingerprint density at radius 3 is 2.69 bits per heavy atom. The minimum Gasteiger partial charge on any atom is -0.497 e. The molecule has 0 aliphatic rings. The van der Waals surface area contributed by atoms with E-state index in [1.165, 1.54) is 11.1 Å². The van der Waals surface area contributed by atoms with Crippen molar-refractivity contribution in [1.29, 1.82) is 0 Å². The number of benzene rings is 3. The number of methoxy groups -OCH3 is 1. The van der Waals surface area contributed by atoms with E-state index in [-0.39, 0.29) is 5.91 Å². The quantitative estimate of drug-likeness (QED) is 0.254. The maximum Gasteiger partial charge on any atom is 0.251 e. The van der Waals surface area contributed by atoms with Crippen LogP contribution in [0.1, 0.15) is 46.6 Å². The molecule has 188 valence electrons.